The number of benzene rings is 1. The SMILES string of the molecule is CC(C)(C)c1cccc(OCC(=O)N2CCNC(=O)C2)c1. The maximum absolute atomic E-state index is 12.0. The highest BCUT2D eigenvalue weighted by atomic mass is 16.5. The molecule has 1 aromatic carbocycles. The van der Waals surface area contributed by atoms with Gasteiger partial charge < -0.3 is 15.0 Å². The Labute approximate surface area is 125 Å². The van der Waals surface area contributed by atoms with Crippen molar-refractivity contribution in [3.8, 4) is 5.75 Å². The lowest BCUT2D eigenvalue weighted by Gasteiger charge is -2.26. The van der Waals surface area contributed by atoms with Crippen molar-refractivity contribution in [2.45, 2.75) is 26.2 Å². The molecule has 0 radical (unpaired) electrons. The molecule has 1 N–H and O–H groups in total. The third kappa shape index (κ3) is 4.21. The molecular formula is C16H22N2O3. The number of carbonyl (C=O) groups is 2. The molecule has 0 atom stereocenters. The summed E-state index contributed by atoms with van der Waals surface area (Å²) < 4.78 is 5.57. The fourth-order valence-electron chi connectivity index (χ4n) is 2.14. The average molecular weight is 290 g/mol. The van der Waals surface area contributed by atoms with Crippen LogP contribution in [0.2, 0.25) is 0 Å². The summed E-state index contributed by atoms with van der Waals surface area (Å²) in [5.41, 5.74) is 1.19. The van der Waals surface area contributed by atoms with E-state index >= 15 is 0 Å². The van der Waals surface area contributed by atoms with Gasteiger partial charge in [-0.25, -0.2) is 0 Å². The molecule has 1 aliphatic rings. The van der Waals surface area contributed by atoms with Gasteiger partial charge >= 0.3 is 0 Å². The zero-order valence-corrected chi connectivity index (χ0v) is 12.8. The molecule has 0 saturated carbocycles. The number of carbonyl (C=O) groups excluding carboxylic acids is 2. The number of hydrogen-bond donors (Lipinski definition) is 1. The summed E-state index contributed by atoms with van der Waals surface area (Å²) in [6.45, 7) is 7.50. The van der Waals surface area contributed by atoms with Gasteiger partial charge in [0, 0.05) is 13.1 Å². The van der Waals surface area contributed by atoms with E-state index in [1.165, 1.54) is 4.90 Å². The van der Waals surface area contributed by atoms with E-state index in [2.05, 4.69) is 26.1 Å². The molecule has 2 amide bonds. The zero-order valence-electron chi connectivity index (χ0n) is 12.8. The van der Waals surface area contributed by atoms with Crippen LogP contribution in [0, 0.1) is 0 Å². The van der Waals surface area contributed by atoms with Gasteiger partial charge in [0.25, 0.3) is 5.91 Å². The van der Waals surface area contributed by atoms with E-state index in [1.807, 2.05) is 24.3 Å². The molecule has 114 valence electrons. The first-order chi connectivity index (χ1) is 9.86. The molecule has 1 saturated heterocycles. The molecule has 0 aliphatic carbocycles. The summed E-state index contributed by atoms with van der Waals surface area (Å²) in [6.07, 6.45) is 0. The Morgan fingerprint density at radius 2 is 2.14 bits per heavy atom. The van der Waals surface area contributed by atoms with E-state index in [4.69, 9.17) is 4.74 Å². The van der Waals surface area contributed by atoms with E-state index in [0.717, 1.165) is 5.56 Å². The second-order valence-corrected chi connectivity index (χ2v) is 6.23. The first-order valence-corrected chi connectivity index (χ1v) is 7.14. The van der Waals surface area contributed by atoms with Crippen molar-refractivity contribution >= 4 is 11.8 Å². The quantitative estimate of drug-likeness (QED) is 0.913. The van der Waals surface area contributed by atoms with Crippen LogP contribution in [0.1, 0.15) is 26.3 Å². The van der Waals surface area contributed by atoms with Gasteiger partial charge in [-0.2, -0.15) is 0 Å². The van der Waals surface area contributed by atoms with E-state index in [0.29, 0.717) is 18.8 Å². The van der Waals surface area contributed by atoms with Gasteiger partial charge in [0.1, 0.15) is 5.75 Å². The van der Waals surface area contributed by atoms with Crippen LogP contribution in [0.25, 0.3) is 0 Å². The first kappa shape index (κ1) is 15.4. The van der Waals surface area contributed by atoms with Crippen LogP contribution in [0.3, 0.4) is 0 Å². The van der Waals surface area contributed by atoms with Crippen LogP contribution in [-0.2, 0) is 15.0 Å². The molecule has 5 nitrogen and oxygen atoms in total. The van der Waals surface area contributed by atoms with Crippen molar-refractivity contribution in [1.29, 1.82) is 0 Å². The normalized spacial score (nSPS) is 15.6. The van der Waals surface area contributed by atoms with Crippen molar-refractivity contribution in [3.63, 3.8) is 0 Å². The standard InChI is InChI=1S/C16H22N2O3/c1-16(2,3)12-5-4-6-13(9-12)21-11-15(20)18-8-7-17-14(19)10-18/h4-6,9H,7-8,10-11H2,1-3H3,(H,17,19). The van der Waals surface area contributed by atoms with Gasteiger partial charge in [-0.05, 0) is 23.1 Å². The Bertz CT molecular complexity index is 535. The molecule has 2 rings (SSSR count). The third-order valence-electron chi connectivity index (χ3n) is 3.45. The molecule has 0 spiro atoms. The summed E-state index contributed by atoms with van der Waals surface area (Å²) in [5.74, 6) is 0.396. The van der Waals surface area contributed by atoms with E-state index in [9.17, 15) is 9.59 Å². The molecule has 0 aromatic heterocycles. The van der Waals surface area contributed by atoms with E-state index in [1.54, 1.807) is 0 Å². The second kappa shape index (κ2) is 6.16. The number of nitrogens with zero attached hydrogens (tertiary/aromatic N) is 1. The molecule has 1 heterocycles. The molecular weight excluding hydrogens is 268 g/mol. The van der Waals surface area contributed by atoms with Crippen LogP contribution in [-0.4, -0.2) is 43.0 Å². The lowest BCUT2D eigenvalue weighted by molar-refractivity contribution is -0.139. The van der Waals surface area contributed by atoms with Crippen molar-refractivity contribution in [3.05, 3.63) is 29.8 Å². The Hall–Kier alpha value is -2.04. The molecule has 5 heteroatoms. The minimum atomic E-state index is -0.161. The number of piperazine rings is 1. The smallest absolute Gasteiger partial charge is 0.261 e. The predicted octanol–water partition coefficient (Wildman–Crippen LogP) is 1.32. The lowest BCUT2D eigenvalue weighted by atomic mass is 9.87. The van der Waals surface area contributed by atoms with Crippen molar-refractivity contribution in [2.24, 2.45) is 0 Å². The molecule has 0 unspecified atom stereocenters. The van der Waals surface area contributed by atoms with Gasteiger partial charge in [0.2, 0.25) is 5.91 Å². The molecule has 1 aliphatic heterocycles. The largest absolute Gasteiger partial charge is 0.484 e. The van der Waals surface area contributed by atoms with Crippen LogP contribution < -0.4 is 10.1 Å². The van der Waals surface area contributed by atoms with E-state index in [-0.39, 0.29) is 30.4 Å². The monoisotopic (exact) mass is 290 g/mol. The van der Waals surface area contributed by atoms with Gasteiger partial charge in [0.15, 0.2) is 6.61 Å². The van der Waals surface area contributed by atoms with Gasteiger partial charge in [-0.3, -0.25) is 9.59 Å². The summed E-state index contributed by atoms with van der Waals surface area (Å²) >= 11 is 0. The highest BCUT2D eigenvalue weighted by Gasteiger charge is 2.21. The van der Waals surface area contributed by atoms with Crippen LogP contribution in [0.15, 0.2) is 24.3 Å². The molecule has 21 heavy (non-hydrogen) atoms. The number of nitrogens with one attached hydrogen (secondary N) is 1. The number of hydrogen-bond acceptors (Lipinski definition) is 3. The van der Waals surface area contributed by atoms with Crippen LogP contribution >= 0.6 is 0 Å². The summed E-state index contributed by atoms with van der Waals surface area (Å²) in [4.78, 5) is 24.8. The van der Waals surface area contributed by atoms with Crippen molar-refractivity contribution in [2.75, 3.05) is 26.2 Å². The number of ether oxygens (including phenoxy) is 1. The highest BCUT2D eigenvalue weighted by Crippen LogP contribution is 2.25. The van der Waals surface area contributed by atoms with Crippen molar-refractivity contribution < 1.29 is 14.3 Å². The molecule has 1 aromatic rings. The predicted molar refractivity (Wildman–Crippen MR) is 80.2 cm³/mol. The lowest BCUT2D eigenvalue weighted by Crippen LogP contribution is -2.51. The maximum atomic E-state index is 12.0. The summed E-state index contributed by atoms with van der Waals surface area (Å²) in [7, 11) is 0. The van der Waals surface area contributed by atoms with Crippen LogP contribution in [0.5, 0.6) is 5.75 Å². The summed E-state index contributed by atoms with van der Waals surface area (Å²) in [5, 5.41) is 2.69. The third-order valence-corrected chi connectivity index (χ3v) is 3.45. The minimum absolute atomic E-state index is 0.0360. The van der Waals surface area contributed by atoms with Crippen molar-refractivity contribution in [1.82, 2.24) is 10.2 Å². The molecule has 1 fully saturated rings. The Kier molecular flexibility index (Phi) is 4.50. The van der Waals surface area contributed by atoms with E-state index < -0.39 is 0 Å². The second-order valence-electron chi connectivity index (χ2n) is 6.23. The van der Waals surface area contributed by atoms with Gasteiger partial charge in [-0.1, -0.05) is 32.9 Å². The first-order valence-electron chi connectivity index (χ1n) is 7.14. The fourth-order valence-corrected chi connectivity index (χ4v) is 2.14. The zero-order chi connectivity index (χ0) is 15.5. The fraction of sp³-hybridized carbons (Fsp3) is 0.500. The highest BCUT2D eigenvalue weighted by molar-refractivity contribution is 5.86. The van der Waals surface area contributed by atoms with Crippen LogP contribution in [0.4, 0.5) is 0 Å². The number of rotatable bonds is 3. The summed E-state index contributed by atoms with van der Waals surface area (Å²) in [6, 6.07) is 7.76. The van der Waals surface area contributed by atoms with Gasteiger partial charge in [0.05, 0.1) is 6.54 Å². The molecule has 0 bridgehead atoms. The van der Waals surface area contributed by atoms with Gasteiger partial charge in [-0.15, -0.1) is 0 Å². The Balaban J connectivity index is 1.93. The Morgan fingerprint density at radius 1 is 1.38 bits per heavy atom. The minimum Gasteiger partial charge on any atom is -0.484 e. The maximum Gasteiger partial charge on any atom is 0.261 e. The average Bonchev–Trinajstić information content (AvgIpc) is 2.44. The Morgan fingerprint density at radius 3 is 2.81 bits per heavy atom. The number of amides is 2. The topological polar surface area (TPSA) is 58.6 Å².